The summed E-state index contributed by atoms with van der Waals surface area (Å²) in [4.78, 5) is 22.3. The summed E-state index contributed by atoms with van der Waals surface area (Å²) in [6.07, 6.45) is 3.71. The van der Waals surface area contributed by atoms with Crippen LogP contribution < -0.4 is 14.2 Å². The van der Waals surface area contributed by atoms with E-state index >= 15 is 0 Å². The van der Waals surface area contributed by atoms with Gasteiger partial charge in [0.2, 0.25) is 4.96 Å². The molecule has 1 aliphatic rings. The van der Waals surface area contributed by atoms with Crippen LogP contribution in [-0.2, 0) is 21.7 Å². The Balaban J connectivity index is 1.18. The molecular weight excluding hydrogens is 580 g/mol. The summed E-state index contributed by atoms with van der Waals surface area (Å²) in [5.41, 5.74) is 0.377. The smallest absolute Gasteiger partial charge is 0.309 e. The number of carbonyl (C=O) groups is 1. The van der Waals surface area contributed by atoms with E-state index < -0.39 is 11.2 Å². The Morgan fingerprint density at radius 1 is 1.19 bits per heavy atom. The lowest BCUT2D eigenvalue weighted by Crippen LogP contribution is -2.36. The maximum Gasteiger partial charge on any atom is 0.309 e. The van der Waals surface area contributed by atoms with E-state index in [1.807, 2.05) is 32.2 Å². The molecule has 42 heavy (non-hydrogen) atoms. The molecule has 0 spiro atoms. The number of benzene rings is 1. The summed E-state index contributed by atoms with van der Waals surface area (Å²) in [7, 11) is 3.15. The van der Waals surface area contributed by atoms with Gasteiger partial charge >= 0.3 is 5.97 Å². The van der Waals surface area contributed by atoms with Crippen molar-refractivity contribution in [2.45, 2.75) is 64.3 Å². The number of imidazole rings is 1. The van der Waals surface area contributed by atoms with Crippen LogP contribution in [0, 0.1) is 5.92 Å². The third kappa shape index (κ3) is 5.55. The first kappa shape index (κ1) is 28.4. The highest BCUT2D eigenvalue weighted by Gasteiger charge is 2.40. The van der Waals surface area contributed by atoms with E-state index in [0.717, 1.165) is 5.39 Å². The number of hydrogen-bond donors (Lipinski definition) is 1. The fraction of sp³-hybridized carbons (Fsp3) is 0.448. The molecule has 13 heteroatoms. The predicted octanol–water partition coefficient (Wildman–Crippen LogP) is 5.98. The molecule has 0 saturated heterocycles. The van der Waals surface area contributed by atoms with Crippen LogP contribution in [0.1, 0.15) is 57.2 Å². The second-order valence-corrected chi connectivity index (χ2v) is 13.1. The van der Waals surface area contributed by atoms with Crippen molar-refractivity contribution in [1.29, 1.82) is 0 Å². The van der Waals surface area contributed by atoms with Crippen molar-refractivity contribution in [1.82, 2.24) is 19.6 Å². The van der Waals surface area contributed by atoms with Crippen molar-refractivity contribution in [2.75, 3.05) is 14.2 Å². The predicted molar refractivity (Wildman–Crippen MR) is 157 cm³/mol. The van der Waals surface area contributed by atoms with Gasteiger partial charge in [0.05, 0.1) is 37.4 Å². The number of aliphatic hydroxyl groups is 1. The van der Waals surface area contributed by atoms with Crippen LogP contribution in [0.2, 0.25) is 0 Å². The Labute approximate surface area is 250 Å². The summed E-state index contributed by atoms with van der Waals surface area (Å²) >= 11 is 2.74. The summed E-state index contributed by atoms with van der Waals surface area (Å²) < 4.78 is 30.4. The first-order chi connectivity index (χ1) is 20.0. The van der Waals surface area contributed by atoms with Crippen LogP contribution in [0.25, 0.3) is 27.4 Å². The molecule has 0 bridgehead atoms. The number of ether oxygens (including phenoxy) is 4. The number of furan rings is 1. The summed E-state index contributed by atoms with van der Waals surface area (Å²) in [5, 5.41) is 19.6. The highest BCUT2D eigenvalue weighted by atomic mass is 32.1. The molecule has 0 aliphatic heterocycles. The largest absolute Gasteiger partial charge is 0.496 e. The van der Waals surface area contributed by atoms with E-state index in [1.165, 1.54) is 22.7 Å². The second kappa shape index (κ2) is 10.9. The lowest BCUT2D eigenvalue weighted by molar-refractivity contribution is -0.163. The van der Waals surface area contributed by atoms with Crippen molar-refractivity contribution in [3.8, 4) is 28.1 Å². The van der Waals surface area contributed by atoms with Gasteiger partial charge in [-0.25, -0.2) is 9.97 Å². The number of hydrogen-bond acceptors (Lipinski definition) is 12. The highest BCUT2D eigenvalue weighted by Crippen LogP contribution is 2.42. The van der Waals surface area contributed by atoms with Gasteiger partial charge in [-0.3, -0.25) is 4.79 Å². The minimum Gasteiger partial charge on any atom is -0.496 e. The molecular formula is C29H32N4O7S2. The number of fused-ring (bicyclic) bond motifs is 2. The van der Waals surface area contributed by atoms with Crippen molar-refractivity contribution in [3.05, 3.63) is 40.5 Å². The molecule has 6 rings (SSSR count). The Morgan fingerprint density at radius 3 is 2.69 bits per heavy atom. The van der Waals surface area contributed by atoms with Crippen molar-refractivity contribution in [2.24, 2.45) is 5.92 Å². The molecule has 1 N–H and O–H groups in total. The van der Waals surface area contributed by atoms with Gasteiger partial charge in [-0.2, -0.15) is 4.52 Å². The number of rotatable bonds is 8. The first-order valence-electron chi connectivity index (χ1n) is 13.6. The molecule has 0 amide bonds. The number of esters is 1. The first-order valence-corrected chi connectivity index (χ1v) is 15.3. The Kier molecular flexibility index (Phi) is 7.36. The fourth-order valence-electron chi connectivity index (χ4n) is 5.04. The van der Waals surface area contributed by atoms with Crippen LogP contribution >= 0.6 is 22.7 Å². The van der Waals surface area contributed by atoms with Crippen molar-refractivity contribution >= 4 is 44.6 Å². The van der Waals surface area contributed by atoms with E-state index in [-0.39, 0.29) is 18.5 Å². The maximum absolute atomic E-state index is 12.5. The minimum atomic E-state index is -1.07. The van der Waals surface area contributed by atoms with Crippen LogP contribution in [-0.4, -0.2) is 50.5 Å². The average molecular weight is 613 g/mol. The summed E-state index contributed by atoms with van der Waals surface area (Å²) in [6.45, 7) is 5.78. The molecule has 1 fully saturated rings. The third-order valence-corrected chi connectivity index (χ3v) is 9.15. The number of aromatic nitrogens is 4. The molecule has 5 aromatic rings. The Morgan fingerprint density at radius 2 is 1.98 bits per heavy atom. The van der Waals surface area contributed by atoms with Crippen LogP contribution in [0.5, 0.6) is 16.7 Å². The fourth-order valence-corrected chi connectivity index (χ4v) is 6.70. The summed E-state index contributed by atoms with van der Waals surface area (Å²) in [6, 6.07) is 5.49. The van der Waals surface area contributed by atoms with Gasteiger partial charge in [-0.15, -0.1) is 16.4 Å². The van der Waals surface area contributed by atoms with Gasteiger partial charge in [-0.1, -0.05) is 0 Å². The molecule has 1 saturated carbocycles. The van der Waals surface area contributed by atoms with E-state index in [9.17, 15) is 9.90 Å². The van der Waals surface area contributed by atoms with Crippen LogP contribution in [0.15, 0.2) is 34.2 Å². The quantitative estimate of drug-likeness (QED) is 0.209. The molecule has 222 valence electrons. The molecule has 11 nitrogen and oxygen atoms in total. The van der Waals surface area contributed by atoms with Gasteiger partial charge in [0.25, 0.3) is 5.19 Å². The monoisotopic (exact) mass is 612 g/mol. The zero-order valence-corrected chi connectivity index (χ0v) is 25.6. The molecule has 0 atom stereocenters. The Bertz CT molecular complexity index is 1740. The van der Waals surface area contributed by atoms with Crippen LogP contribution in [0.4, 0.5) is 0 Å². The molecule has 0 unspecified atom stereocenters. The average Bonchev–Trinajstić information content (AvgIpc) is 3.74. The lowest BCUT2D eigenvalue weighted by atomic mass is 9.79. The van der Waals surface area contributed by atoms with Gasteiger partial charge in [-0.05, 0) is 63.9 Å². The topological polar surface area (TPSA) is 130 Å². The van der Waals surface area contributed by atoms with Gasteiger partial charge in [0.1, 0.15) is 45.6 Å². The van der Waals surface area contributed by atoms with Gasteiger partial charge < -0.3 is 28.5 Å². The van der Waals surface area contributed by atoms with Gasteiger partial charge in [0, 0.05) is 17.5 Å². The van der Waals surface area contributed by atoms with Gasteiger partial charge in [0.15, 0.2) is 5.76 Å². The van der Waals surface area contributed by atoms with Crippen LogP contribution in [0.3, 0.4) is 0 Å². The molecule has 4 heterocycles. The normalized spacial score (nSPS) is 19.3. The van der Waals surface area contributed by atoms with Crippen molar-refractivity contribution < 1.29 is 33.3 Å². The Hall–Kier alpha value is -3.68. The number of thiazole rings is 1. The standard InChI is InChI=1S/C29H32N4O7S2/c1-28(2,3)40-24(34)16-6-8-29(35,9-7-16)25-31-17(15-41-25)14-38-21-10-18(36-4)11-22-19(21)12-23(39-22)20-13-30-26-33(20)32-27(37-5)42-26/h10-13,15-16,35H,6-9,14H2,1-5H3. The SMILES string of the molecule is COc1cc(OCc2csc(C3(O)CCC(C(=O)OC(C)(C)C)CC3)n2)c2cc(-c3cnc4sc(OC)nn34)oc2c1. The van der Waals surface area contributed by atoms with E-state index in [1.54, 1.807) is 37.1 Å². The molecule has 1 aliphatic carbocycles. The zero-order valence-electron chi connectivity index (χ0n) is 24.0. The van der Waals surface area contributed by atoms with E-state index in [2.05, 4.69) is 10.1 Å². The third-order valence-electron chi connectivity index (χ3n) is 7.18. The molecule has 4 aromatic heterocycles. The number of nitrogens with zero attached hydrogens (tertiary/aromatic N) is 4. The van der Waals surface area contributed by atoms with Crippen molar-refractivity contribution in [3.63, 3.8) is 0 Å². The molecule has 1 aromatic carbocycles. The van der Waals surface area contributed by atoms with E-state index in [0.29, 0.717) is 75.1 Å². The number of carbonyl (C=O) groups excluding carboxylic acids is 1. The maximum atomic E-state index is 12.5. The lowest BCUT2D eigenvalue weighted by Gasteiger charge is -2.34. The highest BCUT2D eigenvalue weighted by molar-refractivity contribution is 7.18. The zero-order chi connectivity index (χ0) is 29.6. The molecule has 0 radical (unpaired) electrons. The van der Waals surface area contributed by atoms with E-state index in [4.69, 9.17) is 28.3 Å². The second-order valence-electron chi connectivity index (χ2n) is 11.3. The number of methoxy groups -OCH3 is 2. The summed E-state index contributed by atoms with van der Waals surface area (Å²) in [5.74, 6) is 1.32. The minimum absolute atomic E-state index is 0.191.